The van der Waals surface area contributed by atoms with E-state index in [-0.39, 0.29) is 0 Å². The molecule has 0 aromatic carbocycles. The molecule has 0 radical (unpaired) electrons. The minimum atomic E-state index is 0.876. The molecule has 1 aliphatic heterocycles. The van der Waals surface area contributed by atoms with Gasteiger partial charge in [-0.2, -0.15) is 0 Å². The summed E-state index contributed by atoms with van der Waals surface area (Å²) in [6.07, 6.45) is 0. The van der Waals surface area contributed by atoms with Crippen LogP contribution in [0.25, 0.3) is 0 Å². The first-order valence-electron chi connectivity index (χ1n) is 5.97. The highest BCUT2D eigenvalue weighted by Gasteiger charge is 2.11. The Morgan fingerprint density at radius 1 is 1.41 bits per heavy atom. The van der Waals surface area contributed by atoms with Gasteiger partial charge in [0, 0.05) is 37.6 Å². The molecule has 0 amide bonds. The summed E-state index contributed by atoms with van der Waals surface area (Å²) in [5.74, 6) is 0. The first-order valence-corrected chi connectivity index (χ1v) is 7.16. The summed E-state index contributed by atoms with van der Waals surface area (Å²) < 4.78 is 6.21. The number of likely N-dealkylation sites (N-methyl/N-ethyl adjacent to an activating group) is 1. The third-order valence-electron chi connectivity index (χ3n) is 2.96. The predicted molar refractivity (Wildman–Crippen MR) is 72.9 cm³/mol. The summed E-state index contributed by atoms with van der Waals surface area (Å²) in [5.41, 5.74) is 0. The lowest BCUT2D eigenvalue weighted by atomic mass is 10.4. The molecule has 0 bridgehead atoms. The molecule has 0 aliphatic carbocycles. The quantitative estimate of drug-likeness (QED) is 0.818. The number of thiophene rings is 1. The number of rotatable bonds is 5. The molecule has 1 aliphatic rings. The van der Waals surface area contributed by atoms with Crippen LogP contribution < -0.4 is 0 Å². The maximum atomic E-state index is 5.92. The third-order valence-corrected chi connectivity index (χ3v) is 4.17. The first kappa shape index (κ1) is 13.3. The van der Waals surface area contributed by atoms with E-state index in [2.05, 4.69) is 22.9 Å². The van der Waals surface area contributed by atoms with Gasteiger partial charge in [-0.1, -0.05) is 11.6 Å². The molecule has 2 rings (SSSR count). The number of nitrogens with zero attached hydrogens (tertiary/aromatic N) is 2. The molecule has 0 atom stereocenters. The molecule has 5 heteroatoms. The van der Waals surface area contributed by atoms with Crippen LogP contribution in [0.5, 0.6) is 0 Å². The lowest BCUT2D eigenvalue weighted by Gasteiger charge is -2.28. The molecule has 1 aromatic rings. The average Bonchev–Trinajstić information content (AvgIpc) is 2.73. The van der Waals surface area contributed by atoms with Gasteiger partial charge < -0.3 is 9.64 Å². The van der Waals surface area contributed by atoms with Gasteiger partial charge in [-0.05, 0) is 19.2 Å². The third kappa shape index (κ3) is 4.56. The van der Waals surface area contributed by atoms with Crippen LogP contribution in [-0.4, -0.2) is 56.2 Å². The fourth-order valence-electron chi connectivity index (χ4n) is 1.92. The zero-order valence-corrected chi connectivity index (χ0v) is 11.8. The van der Waals surface area contributed by atoms with Gasteiger partial charge >= 0.3 is 0 Å². The van der Waals surface area contributed by atoms with Crippen molar-refractivity contribution < 1.29 is 4.74 Å². The standard InChI is InChI=1S/C12H19ClN2OS/c1-14(10-11-2-3-12(13)17-11)4-5-15-6-8-16-9-7-15/h2-3H,4-10H2,1H3. The topological polar surface area (TPSA) is 15.7 Å². The number of hydrogen-bond acceptors (Lipinski definition) is 4. The first-order chi connectivity index (χ1) is 8.24. The molecule has 96 valence electrons. The van der Waals surface area contributed by atoms with Crippen LogP contribution in [0.1, 0.15) is 4.88 Å². The monoisotopic (exact) mass is 274 g/mol. The van der Waals surface area contributed by atoms with Crippen molar-refractivity contribution in [2.75, 3.05) is 46.4 Å². The Kier molecular flexibility index (Phi) is 5.25. The number of hydrogen-bond donors (Lipinski definition) is 0. The molecule has 0 N–H and O–H groups in total. The highest BCUT2D eigenvalue weighted by atomic mass is 35.5. The Labute approximate surface area is 112 Å². The second kappa shape index (κ2) is 6.71. The van der Waals surface area contributed by atoms with Crippen molar-refractivity contribution in [1.82, 2.24) is 9.80 Å². The van der Waals surface area contributed by atoms with E-state index in [1.165, 1.54) is 4.88 Å². The zero-order valence-electron chi connectivity index (χ0n) is 10.2. The van der Waals surface area contributed by atoms with Crippen LogP contribution in [0, 0.1) is 0 Å². The van der Waals surface area contributed by atoms with E-state index < -0.39 is 0 Å². The molecule has 0 spiro atoms. The Bertz CT molecular complexity index is 339. The molecule has 1 saturated heterocycles. The Morgan fingerprint density at radius 2 is 2.18 bits per heavy atom. The predicted octanol–water partition coefficient (Wildman–Crippen LogP) is 2.17. The lowest BCUT2D eigenvalue weighted by molar-refractivity contribution is 0.0342. The molecule has 1 aromatic heterocycles. The van der Waals surface area contributed by atoms with Crippen molar-refractivity contribution in [3.63, 3.8) is 0 Å². The van der Waals surface area contributed by atoms with Crippen LogP contribution >= 0.6 is 22.9 Å². The summed E-state index contributed by atoms with van der Waals surface area (Å²) in [4.78, 5) is 6.14. The SMILES string of the molecule is CN(CCN1CCOCC1)Cc1ccc(Cl)s1. The molecule has 1 fully saturated rings. The van der Waals surface area contributed by atoms with Gasteiger partial charge in [0.1, 0.15) is 0 Å². The molecule has 0 saturated carbocycles. The highest BCUT2D eigenvalue weighted by Crippen LogP contribution is 2.22. The van der Waals surface area contributed by atoms with E-state index >= 15 is 0 Å². The van der Waals surface area contributed by atoms with E-state index in [1.807, 2.05) is 6.07 Å². The van der Waals surface area contributed by atoms with Gasteiger partial charge in [0.05, 0.1) is 17.6 Å². The zero-order chi connectivity index (χ0) is 12.1. The number of morpholine rings is 1. The molecule has 3 nitrogen and oxygen atoms in total. The van der Waals surface area contributed by atoms with Crippen molar-refractivity contribution in [1.29, 1.82) is 0 Å². The maximum Gasteiger partial charge on any atom is 0.0931 e. The van der Waals surface area contributed by atoms with Crippen LogP contribution in [0.15, 0.2) is 12.1 Å². The molecular weight excluding hydrogens is 256 g/mol. The van der Waals surface area contributed by atoms with Crippen molar-refractivity contribution in [2.24, 2.45) is 0 Å². The molecule has 2 heterocycles. The Hall–Kier alpha value is -0.130. The van der Waals surface area contributed by atoms with Crippen LogP contribution in [0.4, 0.5) is 0 Å². The van der Waals surface area contributed by atoms with Crippen molar-refractivity contribution in [3.8, 4) is 0 Å². The molecule has 0 unspecified atom stereocenters. The second-order valence-corrected chi connectivity index (χ2v) is 6.20. The minimum absolute atomic E-state index is 0.876. The van der Waals surface area contributed by atoms with Gasteiger partial charge in [-0.25, -0.2) is 0 Å². The lowest BCUT2D eigenvalue weighted by Crippen LogP contribution is -2.40. The molecule has 17 heavy (non-hydrogen) atoms. The second-order valence-electron chi connectivity index (χ2n) is 4.40. The normalized spacial score (nSPS) is 17.8. The fraction of sp³-hybridized carbons (Fsp3) is 0.667. The van der Waals surface area contributed by atoms with E-state index in [9.17, 15) is 0 Å². The van der Waals surface area contributed by atoms with E-state index in [1.54, 1.807) is 11.3 Å². The van der Waals surface area contributed by atoms with Crippen LogP contribution in [-0.2, 0) is 11.3 Å². The Balaban J connectivity index is 1.68. The number of ether oxygens (including phenoxy) is 1. The smallest absolute Gasteiger partial charge is 0.0931 e. The van der Waals surface area contributed by atoms with E-state index in [0.717, 1.165) is 50.3 Å². The van der Waals surface area contributed by atoms with Crippen LogP contribution in [0.2, 0.25) is 4.34 Å². The van der Waals surface area contributed by atoms with Crippen molar-refractivity contribution in [2.45, 2.75) is 6.54 Å². The summed E-state index contributed by atoms with van der Waals surface area (Å²) in [6, 6.07) is 4.08. The largest absolute Gasteiger partial charge is 0.379 e. The van der Waals surface area contributed by atoms with Gasteiger partial charge in [0.2, 0.25) is 0 Å². The maximum absolute atomic E-state index is 5.92. The van der Waals surface area contributed by atoms with Crippen molar-refractivity contribution in [3.05, 3.63) is 21.3 Å². The van der Waals surface area contributed by atoms with Gasteiger partial charge in [0.25, 0.3) is 0 Å². The van der Waals surface area contributed by atoms with E-state index in [0.29, 0.717) is 0 Å². The summed E-state index contributed by atoms with van der Waals surface area (Å²) >= 11 is 7.59. The van der Waals surface area contributed by atoms with Gasteiger partial charge in [-0.15, -0.1) is 11.3 Å². The summed E-state index contributed by atoms with van der Waals surface area (Å²) in [6.45, 7) is 7.10. The fourth-order valence-corrected chi connectivity index (χ4v) is 3.09. The summed E-state index contributed by atoms with van der Waals surface area (Å²) in [7, 11) is 2.16. The van der Waals surface area contributed by atoms with Crippen molar-refractivity contribution >= 4 is 22.9 Å². The van der Waals surface area contributed by atoms with Crippen LogP contribution in [0.3, 0.4) is 0 Å². The minimum Gasteiger partial charge on any atom is -0.379 e. The molecular formula is C12H19ClN2OS. The average molecular weight is 275 g/mol. The van der Waals surface area contributed by atoms with Gasteiger partial charge in [-0.3, -0.25) is 4.90 Å². The summed E-state index contributed by atoms with van der Waals surface area (Å²) in [5, 5.41) is 0. The van der Waals surface area contributed by atoms with E-state index in [4.69, 9.17) is 16.3 Å². The Morgan fingerprint density at radius 3 is 2.82 bits per heavy atom. The van der Waals surface area contributed by atoms with Gasteiger partial charge in [0.15, 0.2) is 0 Å². The highest BCUT2D eigenvalue weighted by molar-refractivity contribution is 7.16. The number of halogens is 1.